The van der Waals surface area contributed by atoms with Crippen LogP contribution in [0.4, 0.5) is 18.9 Å². The van der Waals surface area contributed by atoms with E-state index in [1.165, 1.54) is 19.1 Å². The molecule has 8 heteroatoms. The molecule has 0 aromatic heterocycles. The molecule has 1 aromatic rings. The van der Waals surface area contributed by atoms with Crippen LogP contribution in [0.2, 0.25) is 0 Å². The number of carbonyl (C=O) groups excluding carboxylic acids is 2. The minimum atomic E-state index is -4.54. The molecule has 0 saturated heterocycles. The van der Waals surface area contributed by atoms with Crippen molar-refractivity contribution >= 4 is 17.5 Å². The number of aliphatic hydroxyl groups is 1. The Hall–Kier alpha value is -2.09. The molecule has 20 heavy (non-hydrogen) atoms. The molecule has 1 aromatic carbocycles. The second-order valence-electron chi connectivity index (χ2n) is 3.96. The summed E-state index contributed by atoms with van der Waals surface area (Å²) in [5.41, 5.74) is -1.00. The first kappa shape index (κ1) is 16.0. The number of hydrogen-bond acceptors (Lipinski definition) is 3. The van der Waals surface area contributed by atoms with Gasteiger partial charge in [-0.05, 0) is 24.6 Å². The van der Waals surface area contributed by atoms with Crippen molar-refractivity contribution in [1.29, 1.82) is 0 Å². The molecule has 5 nitrogen and oxygen atoms in total. The number of carbonyl (C=O) groups is 2. The fourth-order valence-electron chi connectivity index (χ4n) is 1.44. The molecule has 0 atom stereocenters. The van der Waals surface area contributed by atoms with Crippen molar-refractivity contribution < 1.29 is 27.9 Å². The summed E-state index contributed by atoms with van der Waals surface area (Å²) in [4.78, 5) is 22.6. The second-order valence-corrected chi connectivity index (χ2v) is 3.96. The summed E-state index contributed by atoms with van der Waals surface area (Å²) < 4.78 is 38.0. The standard InChI is InChI=1S/C12H13F3N2O3/c1-7-2-3-8(6-9(7)12(13,14)15)17-11(20)10(19)16-4-5-18/h2-3,6,18H,4-5H2,1H3,(H,16,19)(H,17,20). The molecule has 0 spiro atoms. The molecule has 0 radical (unpaired) electrons. The molecule has 1 rings (SSSR count). The van der Waals surface area contributed by atoms with Crippen LogP contribution in [0.1, 0.15) is 11.1 Å². The third-order valence-electron chi connectivity index (χ3n) is 2.40. The number of aryl methyl sites for hydroxylation is 1. The zero-order valence-corrected chi connectivity index (χ0v) is 10.5. The molecule has 0 aliphatic carbocycles. The van der Waals surface area contributed by atoms with Crippen molar-refractivity contribution in [2.45, 2.75) is 13.1 Å². The number of halogens is 3. The van der Waals surface area contributed by atoms with Gasteiger partial charge in [0.15, 0.2) is 0 Å². The molecule has 2 amide bonds. The molecule has 0 aliphatic heterocycles. The van der Waals surface area contributed by atoms with Crippen LogP contribution in [0.3, 0.4) is 0 Å². The highest BCUT2D eigenvalue weighted by Gasteiger charge is 2.32. The van der Waals surface area contributed by atoms with Crippen LogP contribution in [-0.4, -0.2) is 30.1 Å². The number of amides is 2. The molecule has 0 heterocycles. The minimum Gasteiger partial charge on any atom is -0.395 e. The van der Waals surface area contributed by atoms with Gasteiger partial charge in [-0.15, -0.1) is 0 Å². The normalized spacial score (nSPS) is 11.1. The lowest BCUT2D eigenvalue weighted by molar-refractivity contribution is -0.138. The van der Waals surface area contributed by atoms with Gasteiger partial charge in [-0.2, -0.15) is 13.2 Å². The third kappa shape index (κ3) is 4.23. The van der Waals surface area contributed by atoms with Gasteiger partial charge >= 0.3 is 18.0 Å². The molecule has 0 fully saturated rings. The van der Waals surface area contributed by atoms with Crippen LogP contribution < -0.4 is 10.6 Å². The first-order valence-corrected chi connectivity index (χ1v) is 5.63. The maximum atomic E-state index is 12.7. The summed E-state index contributed by atoms with van der Waals surface area (Å²) in [6, 6.07) is 3.22. The van der Waals surface area contributed by atoms with Gasteiger partial charge in [-0.25, -0.2) is 0 Å². The third-order valence-corrected chi connectivity index (χ3v) is 2.40. The molecule has 0 saturated carbocycles. The van der Waals surface area contributed by atoms with Gasteiger partial charge in [-0.1, -0.05) is 6.07 Å². The molecule has 0 aliphatic rings. The summed E-state index contributed by atoms with van der Waals surface area (Å²) in [5.74, 6) is -2.14. The van der Waals surface area contributed by atoms with Crippen molar-refractivity contribution in [3.05, 3.63) is 29.3 Å². The van der Waals surface area contributed by atoms with E-state index in [1.54, 1.807) is 0 Å². The van der Waals surface area contributed by atoms with E-state index in [9.17, 15) is 22.8 Å². The largest absolute Gasteiger partial charge is 0.416 e. The van der Waals surface area contributed by atoms with E-state index in [0.29, 0.717) is 0 Å². The highest BCUT2D eigenvalue weighted by atomic mass is 19.4. The van der Waals surface area contributed by atoms with Crippen molar-refractivity contribution in [2.75, 3.05) is 18.5 Å². The Balaban J connectivity index is 2.84. The summed E-state index contributed by atoms with van der Waals surface area (Å²) in [6.07, 6.45) is -4.54. The van der Waals surface area contributed by atoms with E-state index in [0.717, 1.165) is 6.07 Å². The Kier molecular flexibility index (Phi) is 5.09. The van der Waals surface area contributed by atoms with Crippen LogP contribution in [0.15, 0.2) is 18.2 Å². The number of anilines is 1. The molecule has 110 valence electrons. The van der Waals surface area contributed by atoms with Crippen molar-refractivity contribution in [2.24, 2.45) is 0 Å². The van der Waals surface area contributed by atoms with Crippen molar-refractivity contribution in [3.8, 4) is 0 Å². The topological polar surface area (TPSA) is 78.4 Å². The summed E-state index contributed by atoms with van der Waals surface area (Å²) in [5, 5.41) is 12.6. The number of aliphatic hydroxyl groups excluding tert-OH is 1. The maximum absolute atomic E-state index is 12.7. The predicted molar refractivity (Wildman–Crippen MR) is 64.9 cm³/mol. The molecule has 0 unspecified atom stereocenters. The van der Waals surface area contributed by atoms with Gasteiger partial charge in [0.1, 0.15) is 0 Å². The smallest absolute Gasteiger partial charge is 0.395 e. The van der Waals surface area contributed by atoms with Gasteiger partial charge in [0.2, 0.25) is 0 Å². The molecular weight excluding hydrogens is 277 g/mol. The number of benzene rings is 1. The van der Waals surface area contributed by atoms with Crippen molar-refractivity contribution in [1.82, 2.24) is 5.32 Å². The first-order valence-electron chi connectivity index (χ1n) is 5.63. The average molecular weight is 290 g/mol. The van der Waals surface area contributed by atoms with Crippen molar-refractivity contribution in [3.63, 3.8) is 0 Å². The van der Waals surface area contributed by atoms with E-state index in [4.69, 9.17) is 5.11 Å². The lowest BCUT2D eigenvalue weighted by atomic mass is 10.1. The predicted octanol–water partition coefficient (Wildman–Crippen LogP) is 1.06. The fourth-order valence-corrected chi connectivity index (χ4v) is 1.44. The van der Waals surface area contributed by atoms with E-state index in [1.807, 2.05) is 0 Å². The Morgan fingerprint density at radius 1 is 1.25 bits per heavy atom. The molecule has 3 N–H and O–H groups in total. The lowest BCUT2D eigenvalue weighted by Gasteiger charge is -2.12. The van der Waals surface area contributed by atoms with E-state index < -0.39 is 23.6 Å². The summed E-state index contributed by atoms with van der Waals surface area (Å²) >= 11 is 0. The van der Waals surface area contributed by atoms with Crippen LogP contribution in [0, 0.1) is 6.92 Å². The number of hydrogen-bond donors (Lipinski definition) is 3. The Labute approximate surface area is 112 Å². The highest BCUT2D eigenvalue weighted by molar-refractivity contribution is 6.39. The van der Waals surface area contributed by atoms with Crippen LogP contribution in [0.5, 0.6) is 0 Å². The highest BCUT2D eigenvalue weighted by Crippen LogP contribution is 2.33. The Morgan fingerprint density at radius 3 is 2.45 bits per heavy atom. The number of rotatable bonds is 3. The Morgan fingerprint density at radius 2 is 1.90 bits per heavy atom. The maximum Gasteiger partial charge on any atom is 0.416 e. The SMILES string of the molecule is Cc1ccc(NC(=O)C(=O)NCCO)cc1C(F)(F)F. The number of alkyl halides is 3. The second kappa shape index (κ2) is 6.38. The van der Waals surface area contributed by atoms with Gasteiger partial charge in [0, 0.05) is 12.2 Å². The van der Waals surface area contributed by atoms with E-state index in [2.05, 4.69) is 10.6 Å². The van der Waals surface area contributed by atoms with Crippen LogP contribution >= 0.6 is 0 Å². The number of nitrogens with one attached hydrogen (secondary N) is 2. The summed E-state index contributed by atoms with van der Waals surface area (Å²) in [7, 11) is 0. The van der Waals surface area contributed by atoms with Gasteiger partial charge in [0.25, 0.3) is 0 Å². The fraction of sp³-hybridized carbons (Fsp3) is 0.333. The zero-order chi connectivity index (χ0) is 15.3. The van der Waals surface area contributed by atoms with Crippen LogP contribution in [0.25, 0.3) is 0 Å². The lowest BCUT2D eigenvalue weighted by Crippen LogP contribution is -2.36. The van der Waals surface area contributed by atoms with Gasteiger partial charge in [-0.3, -0.25) is 9.59 Å². The quantitative estimate of drug-likeness (QED) is 0.728. The summed E-state index contributed by atoms with van der Waals surface area (Å²) in [6.45, 7) is 0.831. The van der Waals surface area contributed by atoms with Gasteiger partial charge in [0.05, 0.1) is 12.2 Å². The Bertz CT molecular complexity index is 515. The minimum absolute atomic E-state index is 0.0141. The van der Waals surface area contributed by atoms with E-state index >= 15 is 0 Å². The molecular formula is C12H13F3N2O3. The van der Waals surface area contributed by atoms with E-state index in [-0.39, 0.29) is 24.4 Å². The van der Waals surface area contributed by atoms with Gasteiger partial charge < -0.3 is 15.7 Å². The van der Waals surface area contributed by atoms with Crippen LogP contribution in [-0.2, 0) is 15.8 Å². The average Bonchev–Trinajstić information content (AvgIpc) is 2.36. The monoisotopic (exact) mass is 290 g/mol. The zero-order valence-electron chi connectivity index (χ0n) is 10.5. The first-order chi connectivity index (χ1) is 9.25. The molecule has 0 bridgehead atoms.